The Bertz CT molecular complexity index is 1720. The molecule has 1 unspecified atom stereocenters. The van der Waals surface area contributed by atoms with Crippen LogP contribution in [0, 0.1) is 5.92 Å². The highest BCUT2D eigenvalue weighted by Gasteiger charge is 2.61. The van der Waals surface area contributed by atoms with E-state index < -0.39 is 47.3 Å². The number of methoxy groups -OCH3 is 1. The minimum absolute atomic E-state index is 0.0396. The first kappa shape index (κ1) is 32.1. The molecule has 6 rings (SSSR count). The van der Waals surface area contributed by atoms with Crippen molar-refractivity contribution in [1.29, 1.82) is 0 Å². The van der Waals surface area contributed by atoms with E-state index >= 15 is 0 Å². The number of rotatable bonds is 6. The molecule has 2 radical (unpaired) electrons. The lowest BCUT2D eigenvalue weighted by atomic mass is 10.0. The van der Waals surface area contributed by atoms with Gasteiger partial charge in [-0.1, -0.05) is 55.3 Å². The molecular weight excluding hydrogens is 599 g/mol. The number of nitrogens with zero attached hydrogens (tertiary/aromatic N) is 2. The standard InChI is InChI=1S/C35H37BN4O7/c1-46-23-14-15-25-28(16-23)37-27(21-10-6-5-7-11-21)18-30(25)47-24-17-29-31(41)39-35(33(43)44)19-22(35)12-8-3-2-4-9-13-26(38-34(36)45)32(42)40(29)20-24/h5-8,10-12,14-16,18,22,24,26,29H,2-4,9,13,17,19-20H2,1H3,(H,38,45)(H,39,41)(H,43,44)/t22?,24-,26+,29+,35-/m1/s1. The molecular formula is C35H37BN4O7. The van der Waals surface area contributed by atoms with Crippen LogP contribution in [0.4, 0.5) is 4.79 Å². The van der Waals surface area contributed by atoms with Gasteiger partial charge in [0.2, 0.25) is 19.7 Å². The zero-order valence-corrected chi connectivity index (χ0v) is 26.2. The minimum atomic E-state index is -1.43. The molecule has 11 nitrogen and oxygen atoms in total. The molecule has 1 aromatic heterocycles. The van der Waals surface area contributed by atoms with E-state index in [1.165, 1.54) is 4.90 Å². The van der Waals surface area contributed by atoms with Crippen LogP contribution in [0.5, 0.6) is 11.5 Å². The first-order valence-corrected chi connectivity index (χ1v) is 16.0. The number of carboxylic acids is 1. The summed E-state index contributed by atoms with van der Waals surface area (Å²) in [4.78, 5) is 58.5. The number of aromatic nitrogens is 1. The number of benzene rings is 2. The van der Waals surface area contributed by atoms with Crippen molar-refractivity contribution >= 4 is 42.3 Å². The van der Waals surface area contributed by atoms with Gasteiger partial charge in [0.05, 0.1) is 24.9 Å². The molecule has 5 atom stereocenters. The highest BCUT2D eigenvalue weighted by atomic mass is 16.5. The van der Waals surface area contributed by atoms with Crippen molar-refractivity contribution in [2.45, 2.75) is 68.7 Å². The molecule has 12 heteroatoms. The van der Waals surface area contributed by atoms with E-state index in [9.17, 15) is 24.3 Å². The first-order valence-electron chi connectivity index (χ1n) is 16.0. The number of carbonyl (C=O) groups is 4. The van der Waals surface area contributed by atoms with Crippen LogP contribution in [0.25, 0.3) is 22.2 Å². The highest BCUT2D eigenvalue weighted by Crippen LogP contribution is 2.45. The summed E-state index contributed by atoms with van der Waals surface area (Å²) in [5.41, 5.74) is 0.759. The van der Waals surface area contributed by atoms with E-state index in [4.69, 9.17) is 22.3 Å². The minimum Gasteiger partial charge on any atom is -0.497 e. The second-order valence-corrected chi connectivity index (χ2v) is 12.4. The third-order valence-electron chi connectivity index (χ3n) is 9.28. The highest BCUT2D eigenvalue weighted by molar-refractivity contribution is 6.57. The molecule has 3 N–H and O–H groups in total. The van der Waals surface area contributed by atoms with Crippen molar-refractivity contribution in [3.63, 3.8) is 0 Å². The van der Waals surface area contributed by atoms with Gasteiger partial charge in [-0.15, -0.1) is 0 Å². The van der Waals surface area contributed by atoms with Gasteiger partial charge in [-0.2, -0.15) is 0 Å². The molecule has 2 aromatic carbocycles. The molecule has 1 saturated carbocycles. The van der Waals surface area contributed by atoms with E-state index in [1.54, 1.807) is 13.2 Å². The van der Waals surface area contributed by atoms with Crippen LogP contribution in [0.15, 0.2) is 66.7 Å². The normalized spacial score (nSPS) is 26.3. The number of carbonyl (C=O) groups excluding carboxylic acids is 3. The lowest BCUT2D eigenvalue weighted by Gasteiger charge is -2.29. The van der Waals surface area contributed by atoms with Crippen molar-refractivity contribution in [3.8, 4) is 22.8 Å². The quantitative estimate of drug-likeness (QED) is 0.272. The Balaban J connectivity index is 1.34. The van der Waals surface area contributed by atoms with Gasteiger partial charge >= 0.3 is 5.97 Å². The van der Waals surface area contributed by atoms with Crippen molar-refractivity contribution in [2.24, 2.45) is 5.92 Å². The molecule has 0 spiro atoms. The summed E-state index contributed by atoms with van der Waals surface area (Å²) in [6, 6.07) is 15.0. The smallest absolute Gasteiger partial charge is 0.330 e. The molecule has 3 amide bonds. The molecule has 47 heavy (non-hydrogen) atoms. The Hall–Kier alpha value is -4.87. The summed E-state index contributed by atoms with van der Waals surface area (Å²) < 4.78 is 12.0. The fraction of sp³-hybridized carbons (Fsp3) is 0.400. The van der Waals surface area contributed by atoms with Gasteiger partial charge < -0.3 is 30.1 Å². The van der Waals surface area contributed by atoms with Gasteiger partial charge in [0.25, 0.3) is 0 Å². The maximum Gasteiger partial charge on any atom is 0.330 e. The summed E-state index contributed by atoms with van der Waals surface area (Å²) in [7, 11) is 7.04. The number of pyridine rings is 1. The van der Waals surface area contributed by atoms with Crippen LogP contribution in [0.2, 0.25) is 0 Å². The number of hydrogen-bond acceptors (Lipinski definition) is 7. The number of nitrogens with one attached hydrogen (secondary N) is 2. The topological polar surface area (TPSA) is 147 Å². The Morgan fingerprint density at radius 1 is 1.11 bits per heavy atom. The summed E-state index contributed by atoms with van der Waals surface area (Å²) in [5.74, 6) is -2.20. The Labute approximate surface area is 274 Å². The van der Waals surface area contributed by atoms with Crippen molar-refractivity contribution in [3.05, 3.63) is 66.7 Å². The van der Waals surface area contributed by atoms with Crippen molar-refractivity contribution in [2.75, 3.05) is 13.7 Å². The predicted octanol–water partition coefficient (Wildman–Crippen LogP) is 3.99. The zero-order valence-electron chi connectivity index (χ0n) is 26.2. The van der Waals surface area contributed by atoms with Crippen LogP contribution < -0.4 is 20.1 Å². The van der Waals surface area contributed by atoms with Crippen LogP contribution in [-0.2, 0) is 14.4 Å². The summed E-state index contributed by atoms with van der Waals surface area (Å²) >= 11 is 0. The lowest BCUT2D eigenvalue weighted by molar-refractivity contribution is -0.145. The van der Waals surface area contributed by atoms with E-state index in [0.717, 1.165) is 30.2 Å². The van der Waals surface area contributed by atoms with Gasteiger partial charge in [0.15, 0.2) is 5.81 Å². The van der Waals surface area contributed by atoms with Crippen molar-refractivity contribution < 1.29 is 33.8 Å². The largest absolute Gasteiger partial charge is 0.497 e. The van der Waals surface area contributed by atoms with Crippen LogP contribution in [0.1, 0.15) is 44.9 Å². The monoisotopic (exact) mass is 636 g/mol. The Morgan fingerprint density at radius 3 is 2.66 bits per heavy atom. The van der Waals surface area contributed by atoms with Gasteiger partial charge in [0.1, 0.15) is 35.2 Å². The molecule has 2 aliphatic heterocycles. The maximum atomic E-state index is 14.0. The number of allylic oxidation sites excluding steroid dienone is 1. The number of carboxylic acid groups (broad SMARTS) is 1. The molecule has 0 bridgehead atoms. The fourth-order valence-corrected chi connectivity index (χ4v) is 6.66. The summed E-state index contributed by atoms with van der Waals surface area (Å²) in [6.45, 7) is 0.0396. The maximum absolute atomic E-state index is 14.0. The van der Waals surface area contributed by atoms with Gasteiger partial charge in [-0.05, 0) is 37.8 Å². The van der Waals surface area contributed by atoms with E-state index in [0.29, 0.717) is 35.6 Å². The molecule has 3 aromatic rings. The molecule has 1 saturated heterocycles. The first-order chi connectivity index (χ1) is 22.7. The van der Waals surface area contributed by atoms with Gasteiger partial charge in [0, 0.05) is 35.4 Å². The fourth-order valence-electron chi connectivity index (χ4n) is 6.66. The second-order valence-electron chi connectivity index (χ2n) is 12.4. The second kappa shape index (κ2) is 13.5. The van der Waals surface area contributed by atoms with Crippen molar-refractivity contribution in [1.82, 2.24) is 20.5 Å². The molecule has 1 aliphatic carbocycles. The third-order valence-corrected chi connectivity index (χ3v) is 9.28. The van der Waals surface area contributed by atoms with Crippen LogP contribution in [-0.4, -0.2) is 83.8 Å². The molecule has 2 fully saturated rings. The lowest BCUT2D eigenvalue weighted by Crippen LogP contribution is -2.56. The van der Waals surface area contributed by atoms with E-state index in [-0.39, 0.29) is 25.3 Å². The SMILES string of the molecule is [B]C(=O)N[C@H]1CCCCCC=CC2C[C@@]2(C(=O)O)NC(=O)[C@@H]2C[C@@H](Oc3cc(-c4ccccc4)nc4cc(OC)ccc34)CN2C1=O. The average Bonchev–Trinajstić information content (AvgIpc) is 3.60. The summed E-state index contributed by atoms with van der Waals surface area (Å²) in [6.07, 6.45) is 6.97. The average molecular weight is 637 g/mol. The number of ether oxygens (including phenoxy) is 2. The summed E-state index contributed by atoms with van der Waals surface area (Å²) in [5, 5.41) is 16.2. The number of aliphatic carboxylic acids is 1. The zero-order chi connectivity index (χ0) is 33.1. The van der Waals surface area contributed by atoms with Crippen LogP contribution >= 0.6 is 0 Å². The van der Waals surface area contributed by atoms with Crippen LogP contribution in [0.3, 0.4) is 0 Å². The number of hydrogen-bond donors (Lipinski definition) is 3. The molecule has 3 heterocycles. The Kier molecular flexibility index (Phi) is 9.20. The Morgan fingerprint density at radius 2 is 1.91 bits per heavy atom. The molecule has 242 valence electrons. The number of fused-ring (bicyclic) bond motifs is 3. The van der Waals surface area contributed by atoms with Gasteiger partial charge in [-0.3, -0.25) is 14.4 Å². The number of amides is 3. The van der Waals surface area contributed by atoms with Gasteiger partial charge in [-0.25, -0.2) is 9.78 Å². The predicted molar refractivity (Wildman–Crippen MR) is 175 cm³/mol. The molecule has 3 aliphatic rings. The van der Waals surface area contributed by atoms with E-state index in [1.807, 2.05) is 60.7 Å². The van der Waals surface area contributed by atoms with E-state index in [2.05, 4.69) is 10.6 Å². The third kappa shape index (κ3) is 6.82.